The fourth-order valence-electron chi connectivity index (χ4n) is 1.66. The van der Waals surface area contributed by atoms with Gasteiger partial charge in [0, 0.05) is 17.8 Å². The van der Waals surface area contributed by atoms with Crippen molar-refractivity contribution in [2.45, 2.75) is 11.2 Å². The summed E-state index contributed by atoms with van der Waals surface area (Å²) in [6.07, 6.45) is 1.89. The summed E-state index contributed by atoms with van der Waals surface area (Å²) in [6, 6.07) is 0. The lowest BCUT2D eigenvalue weighted by atomic mass is 10.3. The number of hydrogen-bond acceptors (Lipinski definition) is 5. The smallest absolute Gasteiger partial charge is 0.360 e. The van der Waals surface area contributed by atoms with E-state index in [1.807, 2.05) is 22.6 Å². The number of esters is 1. The average molecular weight is 426 g/mol. The molecule has 8 heteroatoms. The molecule has 0 radical (unpaired) electrons. The molecule has 2 rings (SSSR count). The SMILES string of the molecule is COC(=O)c1nc(I)cnc1N1CC(Br)CC1=O. The standard InChI is InChI=1S/C10H9BrIN3O3/c1-18-10(17)8-9(13-3-6(12)14-8)15-4-5(11)2-7(15)16/h3,5H,2,4H2,1H3. The Labute approximate surface area is 125 Å². The first-order valence-corrected chi connectivity index (χ1v) is 7.07. The van der Waals surface area contributed by atoms with E-state index in [-0.39, 0.29) is 22.2 Å². The fourth-order valence-corrected chi connectivity index (χ4v) is 2.61. The molecule has 1 atom stereocenters. The Morgan fingerprint density at radius 3 is 2.94 bits per heavy atom. The Kier molecular flexibility index (Phi) is 4.15. The molecular weight excluding hydrogens is 417 g/mol. The molecule has 1 saturated heterocycles. The van der Waals surface area contributed by atoms with Crippen LogP contribution in [0, 0.1) is 3.70 Å². The van der Waals surface area contributed by atoms with Gasteiger partial charge in [-0.1, -0.05) is 15.9 Å². The van der Waals surface area contributed by atoms with E-state index in [0.717, 1.165) is 0 Å². The minimum Gasteiger partial charge on any atom is -0.464 e. The number of ether oxygens (including phenoxy) is 1. The van der Waals surface area contributed by atoms with Gasteiger partial charge in [-0.15, -0.1) is 0 Å². The third kappa shape index (κ3) is 2.63. The number of rotatable bonds is 2. The number of carbonyl (C=O) groups excluding carboxylic acids is 2. The molecule has 1 aromatic rings. The van der Waals surface area contributed by atoms with Gasteiger partial charge in [0.2, 0.25) is 5.91 Å². The van der Waals surface area contributed by atoms with Crippen LogP contribution in [-0.4, -0.2) is 40.3 Å². The second-order valence-corrected chi connectivity index (χ2v) is 6.06. The largest absolute Gasteiger partial charge is 0.464 e. The highest BCUT2D eigenvalue weighted by Gasteiger charge is 2.33. The summed E-state index contributed by atoms with van der Waals surface area (Å²) in [7, 11) is 1.27. The molecular formula is C10H9BrIN3O3. The van der Waals surface area contributed by atoms with Gasteiger partial charge in [-0.2, -0.15) is 0 Å². The Morgan fingerprint density at radius 2 is 2.39 bits per heavy atom. The van der Waals surface area contributed by atoms with Gasteiger partial charge in [-0.25, -0.2) is 14.8 Å². The molecule has 6 nitrogen and oxygen atoms in total. The second kappa shape index (κ2) is 5.47. The quantitative estimate of drug-likeness (QED) is 0.406. The number of alkyl halides is 1. The van der Waals surface area contributed by atoms with Gasteiger partial charge < -0.3 is 4.74 Å². The van der Waals surface area contributed by atoms with Crippen LogP contribution in [0.2, 0.25) is 0 Å². The summed E-state index contributed by atoms with van der Waals surface area (Å²) in [5.74, 6) is -0.423. The maximum absolute atomic E-state index is 11.8. The van der Waals surface area contributed by atoms with E-state index in [9.17, 15) is 9.59 Å². The van der Waals surface area contributed by atoms with Crippen molar-refractivity contribution >= 4 is 56.2 Å². The van der Waals surface area contributed by atoms with Crippen LogP contribution < -0.4 is 4.90 Å². The summed E-state index contributed by atoms with van der Waals surface area (Å²) in [5, 5.41) is 0. The number of nitrogens with zero attached hydrogens (tertiary/aromatic N) is 3. The van der Waals surface area contributed by atoms with Gasteiger partial charge in [0.1, 0.15) is 3.70 Å². The highest BCUT2D eigenvalue weighted by Crippen LogP contribution is 2.26. The molecule has 0 saturated carbocycles. The van der Waals surface area contributed by atoms with E-state index < -0.39 is 5.97 Å². The van der Waals surface area contributed by atoms with E-state index in [2.05, 4.69) is 30.6 Å². The number of aromatic nitrogens is 2. The maximum Gasteiger partial charge on any atom is 0.360 e. The van der Waals surface area contributed by atoms with Gasteiger partial charge in [-0.05, 0) is 22.6 Å². The number of hydrogen-bond donors (Lipinski definition) is 0. The topological polar surface area (TPSA) is 72.4 Å². The molecule has 1 aromatic heterocycles. The number of anilines is 1. The van der Waals surface area contributed by atoms with Crippen molar-refractivity contribution in [2.75, 3.05) is 18.6 Å². The molecule has 1 fully saturated rings. The molecule has 0 aliphatic carbocycles. The summed E-state index contributed by atoms with van der Waals surface area (Å²) in [4.78, 5) is 33.2. The number of amides is 1. The lowest BCUT2D eigenvalue weighted by molar-refractivity contribution is -0.117. The number of halogens is 2. The van der Waals surface area contributed by atoms with E-state index >= 15 is 0 Å². The summed E-state index contributed by atoms with van der Waals surface area (Å²) in [6.45, 7) is 0.470. The Bertz CT molecular complexity index is 511. The summed E-state index contributed by atoms with van der Waals surface area (Å²) >= 11 is 5.33. The van der Waals surface area contributed by atoms with E-state index in [4.69, 9.17) is 0 Å². The lowest BCUT2D eigenvalue weighted by Gasteiger charge is -2.16. The van der Waals surface area contributed by atoms with E-state index in [1.54, 1.807) is 0 Å². The molecule has 1 aliphatic heterocycles. The van der Waals surface area contributed by atoms with Crippen LogP contribution in [0.25, 0.3) is 0 Å². The summed E-state index contributed by atoms with van der Waals surface area (Å²) < 4.78 is 5.23. The van der Waals surface area contributed by atoms with Crippen LogP contribution in [0.1, 0.15) is 16.9 Å². The minimum atomic E-state index is -0.596. The zero-order chi connectivity index (χ0) is 13.3. The maximum atomic E-state index is 11.8. The normalized spacial score (nSPS) is 19.2. The van der Waals surface area contributed by atoms with E-state index in [1.165, 1.54) is 18.2 Å². The fraction of sp³-hybridized carbons (Fsp3) is 0.400. The Hall–Kier alpha value is -0.770. The van der Waals surface area contributed by atoms with Gasteiger partial charge in [0.25, 0.3) is 0 Å². The van der Waals surface area contributed by atoms with Crippen molar-refractivity contribution in [1.29, 1.82) is 0 Å². The van der Waals surface area contributed by atoms with Crippen LogP contribution in [0.5, 0.6) is 0 Å². The average Bonchev–Trinajstić information content (AvgIpc) is 2.67. The first kappa shape index (κ1) is 13.7. The predicted octanol–water partition coefficient (Wildman–Crippen LogP) is 1.37. The molecule has 1 unspecified atom stereocenters. The lowest BCUT2D eigenvalue weighted by Crippen LogP contribution is -2.28. The van der Waals surface area contributed by atoms with Gasteiger partial charge >= 0.3 is 5.97 Å². The molecule has 18 heavy (non-hydrogen) atoms. The number of carbonyl (C=O) groups is 2. The molecule has 0 spiro atoms. The highest BCUT2D eigenvalue weighted by atomic mass is 127. The molecule has 1 aliphatic rings. The number of methoxy groups -OCH3 is 1. The highest BCUT2D eigenvalue weighted by molar-refractivity contribution is 14.1. The zero-order valence-corrected chi connectivity index (χ0v) is 13.1. The van der Waals surface area contributed by atoms with Crippen molar-refractivity contribution in [2.24, 2.45) is 0 Å². The molecule has 0 bridgehead atoms. The minimum absolute atomic E-state index is 0.0663. The van der Waals surface area contributed by atoms with Gasteiger partial charge in [0.15, 0.2) is 11.5 Å². The first-order chi connectivity index (χ1) is 8.52. The van der Waals surface area contributed by atoms with Crippen molar-refractivity contribution in [1.82, 2.24) is 9.97 Å². The summed E-state index contributed by atoms with van der Waals surface area (Å²) in [5.41, 5.74) is 0.0688. The molecule has 2 heterocycles. The second-order valence-electron chi connectivity index (χ2n) is 3.66. The van der Waals surface area contributed by atoms with Crippen molar-refractivity contribution < 1.29 is 14.3 Å². The van der Waals surface area contributed by atoms with E-state index in [0.29, 0.717) is 16.7 Å². The van der Waals surface area contributed by atoms with Gasteiger partial charge in [-0.3, -0.25) is 9.69 Å². The third-order valence-corrected chi connectivity index (χ3v) is 3.57. The van der Waals surface area contributed by atoms with Crippen LogP contribution in [0.15, 0.2) is 6.20 Å². The van der Waals surface area contributed by atoms with Crippen LogP contribution in [0.4, 0.5) is 5.82 Å². The zero-order valence-electron chi connectivity index (χ0n) is 9.39. The third-order valence-electron chi connectivity index (χ3n) is 2.44. The van der Waals surface area contributed by atoms with Crippen molar-refractivity contribution in [3.8, 4) is 0 Å². The van der Waals surface area contributed by atoms with Crippen LogP contribution in [0.3, 0.4) is 0 Å². The first-order valence-electron chi connectivity index (χ1n) is 5.08. The molecule has 0 aromatic carbocycles. The van der Waals surface area contributed by atoms with Crippen molar-refractivity contribution in [3.05, 3.63) is 15.6 Å². The molecule has 0 N–H and O–H groups in total. The molecule has 1 amide bonds. The van der Waals surface area contributed by atoms with Crippen LogP contribution in [-0.2, 0) is 9.53 Å². The van der Waals surface area contributed by atoms with Crippen molar-refractivity contribution in [3.63, 3.8) is 0 Å². The predicted molar refractivity (Wildman–Crippen MR) is 75.8 cm³/mol. The van der Waals surface area contributed by atoms with Gasteiger partial charge in [0.05, 0.1) is 13.3 Å². The Balaban J connectivity index is 2.44. The van der Waals surface area contributed by atoms with Crippen LogP contribution >= 0.6 is 38.5 Å². The molecule has 96 valence electrons. The Morgan fingerprint density at radius 1 is 1.67 bits per heavy atom. The monoisotopic (exact) mass is 425 g/mol.